The second-order valence-electron chi connectivity index (χ2n) is 5.29. The average Bonchev–Trinajstić information content (AvgIpc) is 2.81. The Bertz CT molecular complexity index is 542. The summed E-state index contributed by atoms with van der Waals surface area (Å²) in [6, 6.07) is 8.38. The molecule has 1 aromatic carbocycles. The van der Waals surface area contributed by atoms with Crippen molar-refractivity contribution in [1.82, 2.24) is 10.2 Å². The fourth-order valence-electron chi connectivity index (χ4n) is 2.20. The van der Waals surface area contributed by atoms with Gasteiger partial charge in [0.05, 0.1) is 5.75 Å². The molecule has 1 heterocycles. The van der Waals surface area contributed by atoms with Gasteiger partial charge in [-0.3, -0.25) is 14.5 Å². The van der Waals surface area contributed by atoms with Crippen molar-refractivity contribution in [3.8, 4) is 0 Å². The maximum Gasteiger partial charge on any atom is 0.238 e. The smallest absolute Gasteiger partial charge is 0.238 e. The van der Waals surface area contributed by atoms with Crippen LogP contribution in [0.3, 0.4) is 0 Å². The Labute approximate surface area is 140 Å². The van der Waals surface area contributed by atoms with E-state index in [4.69, 9.17) is 12.2 Å². The monoisotopic (exact) mass is 336 g/mol. The van der Waals surface area contributed by atoms with Gasteiger partial charge in [0.25, 0.3) is 0 Å². The van der Waals surface area contributed by atoms with Gasteiger partial charge in [0, 0.05) is 19.5 Å². The van der Waals surface area contributed by atoms with E-state index < -0.39 is 0 Å². The first-order chi connectivity index (χ1) is 10.6. The summed E-state index contributed by atoms with van der Waals surface area (Å²) in [5.41, 5.74) is 2.50. The zero-order valence-corrected chi connectivity index (χ0v) is 14.3. The predicted octanol–water partition coefficient (Wildman–Crippen LogP) is 2.29. The van der Waals surface area contributed by atoms with Gasteiger partial charge in [0.15, 0.2) is 0 Å². The molecule has 0 unspecified atom stereocenters. The van der Waals surface area contributed by atoms with Crippen LogP contribution in [0.2, 0.25) is 0 Å². The highest BCUT2D eigenvalue weighted by Crippen LogP contribution is 2.18. The summed E-state index contributed by atoms with van der Waals surface area (Å²) in [6.07, 6.45) is 2.23. The number of hydrogen-bond acceptors (Lipinski definition) is 4. The van der Waals surface area contributed by atoms with Crippen LogP contribution in [0.4, 0.5) is 0 Å². The molecule has 1 N–H and O–H groups in total. The molecule has 0 aliphatic carbocycles. The molecule has 2 rings (SSSR count). The molecule has 0 bridgehead atoms. The molecule has 0 saturated carbocycles. The Morgan fingerprint density at radius 1 is 1.36 bits per heavy atom. The van der Waals surface area contributed by atoms with Crippen molar-refractivity contribution in [2.45, 2.75) is 26.2 Å². The largest absolute Gasteiger partial charge is 0.354 e. The van der Waals surface area contributed by atoms with E-state index in [-0.39, 0.29) is 11.8 Å². The van der Waals surface area contributed by atoms with Gasteiger partial charge in [-0.1, -0.05) is 53.8 Å². The maximum absolute atomic E-state index is 11.8. The summed E-state index contributed by atoms with van der Waals surface area (Å²) in [7, 11) is 0. The van der Waals surface area contributed by atoms with Gasteiger partial charge in [-0.25, -0.2) is 0 Å². The molecular formula is C16H20N2O2S2. The number of nitrogens with zero attached hydrogens (tertiary/aromatic N) is 1. The SMILES string of the molecule is Cc1ccc(CCCC(=O)NCCN2C(=O)CSC2=S)cc1. The molecule has 1 aliphatic heterocycles. The highest BCUT2D eigenvalue weighted by atomic mass is 32.2. The van der Waals surface area contributed by atoms with Crippen molar-refractivity contribution in [3.05, 3.63) is 35.4 Å². The van der Waals surface area contributed by atoms with Crippen LogP contribution < -0.4 is 5.32 Å². The molecular weight excluding hydrogens is 316 g/mol. The minimum atomic E-state index is 0.0253. The van der Waals surface area contributed by atoms with Crippen LogP contribution in [0, 0.1) is 6.92 Å². The number of hydrogen-bond donors (Lipinski definition) is 1. The van der Waals surface area contributed by atoms with Gasteiger partial charge in [-0.2, -0.15) is 0 Å². The lowest BCUT2D eigenvalue weighted by molar-refractivity contribution is -0.125. The van der Waals surface area contributed by atoms with E-state index in [2.05, 4.69) is 36.5 Å². The Hall–Kier alpha value is -1.40. The van der Waals surface area contributed by atoms with Gasteiger partial charge >= 0.3 is 0 Å². The molecule has 0 spiro atoms. The first-order valence-corrected chi connectivity index (χ1v) is 8.75. The van der Waals surface area contributed by atoms with Gasteiger partial charge < -0.3 is 5.32 Å². The molecule has 0 radical (unpaired) electrons. The van der Waals surface area contributed by atoms with E-state index in [1.165, 1.54) is 22.9 Å². The summed E-state index contributed by atoms with van der Waals surface area (Å²) in [4.78, 5) is 24.9. The second-order valence-corrected chi connectivity index (χ2v) is 6.90. The van der Waals surface area contributed by atoms with Crippen molar-refractivity contribution < 1.29 is 9.59 Å². The van der Waals surface area contributed by atoms with E-state index >= 15 is 0 Å². The van der Waals surface area contributed by atoms with Crippen molar-refractivity contribution in [2.24, 2.45) is 0 Å². The molecule has 0 aromatic heterocycles. The Balaban J connectivity index is 1.61. The number of rotatable bonds is 7. The van der Waals surface area contributed by atoms with Crippen LogP contribution in [0.15, 0.2) is 24.3 Å². The number of amides is 2. The quantitative estimate of drug-likeness (QED) is 0.776. The standard InChI is InChI=1S/C16H20N2O2S2/c1-12-5-7-13(8-6-12)3-2-4-14(19)17-9-10-18-15(20)11-22-16(18)21/h5-8H,2-4,9-11H2,1H3,(H,17,19). The lowest BCUT2D eigenvalue weighted by Crippen LogP contribution is -2.37. The maximum atomic E-state index is 11.8. The van der Waals surface area contributed by atoms with Crippen LogP contribution in [0.25, 0.3) is 0 Å². The van der Waals surface area contributed by atoms with E-state index in [1.54, 1.807) is 4.90 Å². The molecule has 0 atom stereocenters. The lowest BCUT2D eigenvalue weighted by Gasteiger charge is -2.15. The Morgan fingerprint density at radius 3 is 2.73 bits per heavy atom. The zero-order valence-electron chi connectivity index (χ0n) is 12.6. The summed E-state index contributed by atoms with van der Waals surface area (Å²) < 4.78 is 0.610. The number of nitrogens with one attached hydrogen (secondary N) is 1. The van der Waals surface area contributed by atoms with E-state index in [1.807, 2.05) is 0 Å². The minimum absolute atomic E-state index is 0.0253. The highest BCUT2D eigenvalue weighted by molar-refractivity contribution is 8.23. The lowest BCUT2D eigenvalue weighted by atomic mass is 10.1. The van der Waals surface area contributed by atoms with Gasteiger partial charge in [-0.15, -0.1) is 0 Å². The third-order valence-corrected chi connectivity index (χ3v) is 4.92. The van der Waals surface area contributed by atoms with Crippen molar-refractivity contribution >= 4 is 40.1 Å². The molecule has 1 fully saturated rings. The van der Waals surface area contributed by atoms with Crippen molar-refractivity contribution in [2.75, 3.05) is 18.8 Å². The van der Waals surface area contributed by atoms with Crippen LogP contribution >= 0.6 is 24.0 Å². The summed E-state index contributed by atoms with van der Waals surface area (Å²) in [5, 5.41) is 2.84. The predicted molar refractivity (Wildman–Crippen MR) is 93.9 cm³/mol. The Morgan fingerprint density at radius 2 is 2.09 bits per heavy atom. The van der Waals surface area contributed by atoms with Crippen LogP contribution in [0.5, 0.6) is 0 Å². The first-order valence-electron chi connectivity index (χ1n) is 7.35. The van der Waals surface area contributed by atoms with Crippen LogP contribution in [0.1, 0.15) is 24.0 Å². The van der Waals surface area contributed by atoms with Crippen molar-refractivity contribution in [3.63, 3.8) is 0 Å². The number of aryl methyl sites for hydroxylation is 2. The summed E-state index contributed by atoms with van der Waals surface area (Å²) >= 11 is 6.47. The third kappa shape index (κ3) is 5.10. The van der Waals surface area contributed by atoms with Gasteiger partial charge in [-0.05, 0) is 25.3 Å². The number of thiocarbonyl (C=S) groups is 1. The highest BCUT2D eigenvalue weighted by Gasteiger charge is 2.25. The van der Waals surface area contributed by atoms with Crippen LogP contribution in [-0.2, 0) is 16.0 Å². The molecule has 2 amide bonds. The molecule has 118 valence electrons. The third-order valence-electron chi connectivity index (χ3n) is 3.49. The fourth-order valence-corrected chi connectivity index (χ4v) is 3.32. The summed E-state index contributed by atoms with van der Waals surface area (Å²) in [6.45, 7) is 2.98. The number of carbonyl (C=O) groups is 2. The van der Waals surface area contributed by atoms with Crippen LogP contribution in [-0.4, -0.2) is 39.9 Å². The van der Waals surface area contributed by atoms with E-state index in [9.17, 15) is 9.59 Å². The van der Waals surface area contributed by atoms with Gasteiger partial charge in [0.2, 0.25) is 11.8 Å². The summed E-state index contributed by atoms with van der Waals surface area (Å²) in [5.74, 6) is 0.476. The molecule has 1 aliphatic rings. The Kier molecular flexibility index (Phi) is 6.39. The average molecular weight is 336 g/mol. The topological polar surface area (TPSA) is 49.4 Å². The second kappa shape index (κ2) is 8.29. The molecule has 1 aromatic rings. The normalized spacial score (nSPS) is 14.5. The first kappa shape index (κ1) is 17.0. The molecule has 22 heavy (non-hydrogen) atoms. The number of thioether (sulfide) groups is 1. The minimum Gasteiger partial charge on any atom is -0.354 e. The number of carbonyl (C=O) groups excluding carboxylic acids is 2. The molecule has 6 heteroatoms. The molecule has 1 saturated heterocycles. The fraction of sp³-hybridized carbons (Fsp3) is 0.438. The number of benzene rings is 1. The van der Waals surface area contributed by atoms with Crippen molar-refractivity contribution in [1.29, 1.82) is 0 Å². The molecule has 4 nitrogen and oxygen atoms in total. The van der Waals surface area contributed by atoms with Gasteiger partial charge in [0.1, 0.15) is 4.32 Å². The van der Waals surface area contributed by atoms with E-state index in [0.29, 0.717) is 29.6 Å². The zero-order chi connectivity index (χ0) is 15.9. The van der Waals surface area contributed by atoms with E-state index in [0.717, 1.165) is 12.8 Å².